The van der Waals surface area contributed by atoms with Crippen molar-refractivity contribution in [3.63, 3.8) is 0 Å². The zero-order valence-electron chi connectivity index (χ0n) is 12.8. The van der Waals surface area contributed by atoms with Gasteiger partial charge in [-0.1, -0.05) is 17.7 Å². The molecule has 1 amide bonds. The summed E-state index contributed by atoms with van der Waals surface area (Å²) in [6, 6.07) is 7.09. The highest BCUT2D eigenvalue weighted by atomic mass is 35.5. The van der Waals surface area contributed by atoms with Crippen LogP contribution >= 0.6 is 11.6 Å². The average molecular weight is 391 g/mol. The third-order valence-electron chi connectivity index (χ3n) is 3.05. The van der Waals surface area contributed by atoms with E-state index >= 15 is 0 Å². The van der Waals surface area contributed by atoms with Gasteiger partial charge in [-0.3, -0.25) is 4.79 Å². The molecule has 0 fully saturated rings. The van der Waals surface area contributed by atoms with E-state index in [2.05, 4.69) is 5.32 Å². The van der Waals surface area contributed by atoms with E-state index in [0.717, 1.165) is 18.2 Å². The van der Waals surface area contributed by atoms with Crippen molar-refractivity contribution >= 4 is 33.2 Å². The summed E-state index contributed by atoms with van der Waals surface area (Å²) in [5.74, 6) is -2.99. The number of rotatable bonds is 6. The smallest absolute Gasteiger partial charge is 0.246 e. The second kappa shape index (κ2) is 7.77. The van der Waals surface area contributed by atoms with Gasteiger partial charge in [-0.05, 0) is 30.3 Å². The van der Waals surface area contributed by atoms with E-state index in [-0.39, 0.29) is 5.69 Å². The van der Waals surface area contributed by atoms with Crippen molar-refractivity contribution in [2.75, 3.05) is 19.0 Å². The van der Waals surface area contributed by atoms with Crippen LogP contribution in [0.5, 0.6) is 5.75 Å². The zero-order valence-corrected chi connectivity index (χ0v) is 14.4. The van der Waals surface area contributed by atoms with E-state index in [0.29, 0.717) is 10.8 Å². The lowest BCUT2D eigenvalue weighted by molar-refractivity contribution is -0.115. The van der Waals surface area contributed by atoms with Crippen molar-refractivity contribution in [1.29, 1.82) is 0 Å². The molecule has 2 aromatic rings. The molecule has 0 atom stereocenters. The topological polar surface area (TPSA) is 84.5 Å². The van der Waals surface area contributed by atoms with Crippen molar-refractivity contribution < 1.29 is 26.7 Å². The first-order chi connectivity index (χ1) is 11.7. The van der Waals surface area contributed by atoms with E-state index < -0.39 is 39.0 Å². The molecule has 0 heterocycles. The molecule has 0 aliphatic rings. The van der Waals surface area contributed by atoms with E-state index in [9.17, 15) is 22.0 Å². The van der Waals surface area contributed by atoms with Gasteiger partial charge in [-0.15, -0.1) is 0 Å². The minimum absolute atomic E-state index is 0.219. The van der Waals surface area contributed by atoms with Crippen LogP contribution in [-0.2, 0) is 14.8 Å². The van der Waals surface area contributed by atoms with Gasteiger partial charge in [0.25, 0.3) is 0 Å². The number of carbonyl (C=O) groups excluding carboxylic acids is 1. The molecule has 2 aromatic carbocycles. The molecule has 0 unspecified atom stereocenters. The first-order valence-corrected chi connectivity index (χ1v) is 8.68. The fraction of sp³-hybridized carbons (Fsp3) is 0.133. The van der Waals surface area contributed by atoms with Gasteiger partial charge < -0.3 is 10.1 Å². The number of anilines is 1. The Morgan fingerprint density at radius 2 is 1.84 bits per heavy atom. The molecule has 2 rings (SSSR count). The molecule has 0 aromatic heterocycles. The Labute approximate surface area is 147 Å². The third kappa shape index (κ3) is 4.65. The predicted octanol–water partition coefficient (Wildman–Crippen LogP) is 2.54. The number of hydrogen-bond acceptors (Lipinski definition) is 4. The molecule has 0 saturated carbocycles. The lowest BCUT2D eigenvalue weighted by atomic mass is 10.3. The highest BCUT2D eigenvalue weighted by Gasteiger charge is 2.24. The number of amides is 1. The molecule has 0 spiro atoms. The molecule has 0 saturated heterocycles. The molecule has 25 heavy (non-hydrogen) atoms. The Kier molecular flexibility index (Phi) is 5.93. The summed E-state index contributed by atoms with van der Waals surface area (Å²) >= 11 is 5.82. The van der Waals surface area contributed by atoms with Crippen molar-refractivity contribution in [3.05, 3.63) is 53.1 Å². The van der Waals surface area contributed by atoms with Gasteiger partial charge in [0, 0.05) is 5.02 Å². The number of nitrogens with one attached hydrogen (secondary N) is 2. The maximum atomic E-state index is 13.6. The normalized spacial score (nSPS) is 11.2. The molecule has 2 N–H and O–H groups in total. The van der Waals surface area contributed by atoms with E-state index in [4.69, 9.17) is 16.3 Å². The Hall–Kier alpha value is -2.23. The fourth-order valence-corrected chi connectivity index (χ4v) is 3.23. The van der Waals surface area contributed by atoms with Crippen LogP contribution in [0.25, 0.3) is 0 Å². The minimum Gasteiger partial charge on any atom is -0.495 e. The number of halogens is 3. The molecule has 0 aliphatic heterocycles. The largest absolute Gasteiger partial charge is 0.495 e. The summed E-state index contributed by atoms with van der Waals surface area (Å²) in [7, 11) is -3.17. The lowest BCUT2D eigenvalue weighted by Crippen LogP contribution is -2.33. The first kappa shape index (κ1) is 19.1. The predicted molar refractivity (Wildman–Crippen MR) is 88.2 cm³/mol. The number of benzene rings is 2. The number of methoxy groups -OCH3 is 1. The third-order valence-corrected chi connectivity index (χ3v) is 4.73. The highest BCUT2D eigenvalue weighted by Crippen LogP contribution is 2.27. The Balaban J connectivity index is 2.11. The maximum absolute atomic E-state index is 13.6. The van der Waals surface area contributed by atoms with E-state index in [1.54, 1.807) is 6.07 Å². The highest BCUT2D eigenvalue weighted by molar-refractivity contribution is 7.89. The summed E-state index contributed by atoms with van der Waals surface area (Å²) < 4.78 is 58.0. The number of sulfonamides is 1. The van der Waals surface area contributed by atoms with Gasteiger partial charge >= 0.3 is 0 Å². The van der Waals surface area contributed by atoms with Gasteiger partial charge in [0.2, 0.25) is 15.9 Å². The van der Waals surface area contributed by atoms with Crippen LogP contribution in [0.4, 0.5) is 14.5 Å². The number of carbonyl (C=O) groups is 1. The summed E-state index contributed by atoms with van der Waals surface area (Å²) in [6.07, 6.45) is 0. The van der Waals surface area contributed by atoms with Crippen LogP contribution in [0, 0.1) is 11.6 Å². The Morgan fingerprint density at radius 3 is 2.44 bits per heavy atom. The molecule has 10 heteroatoms. The van der Waals surface area contributed by atoms with Crippen molar-refractivity contribution in [2.45, 2.75) is 4.90 Å². The molecular formula is C15H13ClF2N2O4S. The molecule has 0 bridgehead atoms. The number of hydrogen-bond donors (Lipinski definition) is 2. The monoisotopic (exact) mass is 390 g/mol. The van der Waals surface area contributed by atoms with E-state index in [1.807, 2.05) is 4.72 Å². The SMILES string of the molecule is COc1ccc(Cl)cc1NC(=O)CNS(=O)(=O)c1c(F)cccc1F. The molecule has 0 aliphatic carbocycles. The van der Waals surface area contributed by atoms with Gasteiger partial charge in [0.15, 0.2) is 4.90 Å². The summed E-state index contributed by atoms with van der Waals surface area (Å²) in [6.45, 7) is -0.744. The maximum Gasteiger partial charge on any atom is 0.246 e. The van der Waals surface area contributed by atoms with Crippen LogP contribution in [-0.4, -0.2) is 28.0 Å². The quantitative estimate of drug-likeness (QED) is 0.793. The standard InChI is InChI=1S/C15H13ClF2N2O4S/c1-24-13-6-5-9(16)7-12(13)20-14(21)8-19-25(22,23)15-10(17)3-2-4-11(15)18/h2-7,19H,8H2,1H3,(H,20,21). The number of ether oxygens (including phenoxy) is 1. The van der Waals surface area contributed by atoms with Crippen molar-refractivity contribution in [2.24, 2.45) is 0 Å². The molecule has 0 radical (unpaired) electrons. The summed E-state index contributed by atoms with van der Waals surface area (Å²) in [5.41, 5.74) is 0.219. The second-order valence-corrected chi connectivity index (χ2v) is 6.91. The average Bonchev–Trinajstić information content (AvgIpc) is 2.53. The van der Waals surface area contributed by atoms with Crippen LogP contribution in [0.3, 0.4) is 0 Å². The molecule has 6 nitrogen and oxygen atoms in total. The Morgan fingerprint density at radius 1 is 1.20 bits per heavy atom. The summed E-state index contributed by atoms with van der Waals surface area (Å²) in [5, 5.41) is 2.72. The van der Waals surface area contributed by atoms with Gasteiger partial charge in [-0.25, -0.2) is 21.9 Å². The first-order valence-electron chi connectivity index (χ1n) is 6.81. The zero-order chi connectivity index (χ0) is 18.6. The minimum atomic E-state index is -4.55. The van der Waals surface area contributed by atoms with Crippen molar-refractivity contribution in [3.8, 4) is 5.75 Å². The lowest BCUT2D eigenvalue weighted by Gasteiger charge is -2.12. The van der Waals surface area contributed by atoms with Crippen LogP contribution in [0.15, 0.2) is 41.3 Å². The summed E-state index contributed by atoms with van der Waals surface area (Å²) in [4.78, 5) is 10.8. The van der Waals surface area contributed by atoms with Crippen LogP contribution in [0.2, 0.25) is 5.02 Å². The molecular weight excluding hydrogens is 378 g/mol. The van der Waals surface area contributed by atoms with Gasteiger partial charge in [0.1, 0.15) is 17.4 Å². The Bertz CT molecular complexity index is 886. The van der Waals surface area contributed by atoms with Crippen LogP contribution < -0.4 is 14.8 Å². The second-order valence-electron chi connectivity index (χ2n) is 4.77. The fourth-order valence-electron chi connectivity index (χ4n) is 1.94. The van der Waals surface area contributed by atoms with E-state index in [1.165, 1.54) is 19.2 Å². The van der Waals surface area contributed by atoms with Crippen LogP contribution in [0.1, 0.15) is 0 Å². The van der Waals surface area contributed by atoms with Gasteiger partial charge in [0.05, 0.1) is 19.3 Å². The molecule has 134 valence electrons. The van der Waals surface area contributed by atoms with Crippen molar-refractivity contribution in [1.82, 2.24) is 4.72 Å². The van der Waals surface area contributed by atoms with Gasteiger partial charge in [-0.2, -0.15) is 0 Å².